The van der Waals surface area contributed by atoms with Gasteiger partial charge in [-0.3, -0.25) is 10.1 Å². The summed E-state index contributed by atoms with van der Waals surface area (Å²) in [6.07, 6.45) is 0.927. The van der Waals surface area contributed by atoms with E-state index < -0.39 is 4.92 Å². The molecule has 110 valence electrons. The molecular formula is C16H17ClN2O2. The predicted octanol–water partition coefficient (Wildman–Crippen LogP) is 4.49. The van der Waals surface area contributed by atoms with Gasteiger partial charge in [-0.2, -0.15) is 0 Å². The van der Waals surface area contributed by atoms with Crippen LogP contribution in [0.15, 0.2) is 48.5 Å². The summed E-state index contributed by atoms with van der Waals surface area (Å²) in [5.74, 6) is 0. The Morgan fingerprint density at radius 2 is 1.95 bits per heavy atom. The number of nitrogens with one attached hydrogen (secondary N) is 1. The van der Waals surface area contributed by atoms with E-state index in [0.717, 1.165) is 12.0 Å². The Morgan fingerprint density at radius 3 is 2.57 bits per heavy atom. The van der Waals surface area contributed by atoms with E-state index in [1.165, 1.54) is 17.7 Å². The molecule has 1 atom stereocenters. The van der Waals surface area contributed by atoms with Crippen LogP contribution in [0.5, 0.6) is 0 Å². The number of benzene rings is 2. The molecule has 0 spiro atoms. The van der Waals surface area contributed by atoms with E-state index in [-0.39, 0.29) is 11.7 Å². The summed E-state index contributed by atoms with van der Waals surface area (Å²) in [6.45, 7) is 2.59. The third kappa shape index (κ3) is 4.03. The summed E-state index contributed by atoms with van der Waals surface area (Å²) in [5, 5.41) is 14.8. The van der Waals surface area contributed by atoms with Gasteiger partial charge < -0.3 is 5.32 Å². The number of rotatable bonds is 6. The number of nitro groups is 1. The molecule has 1 N–H and O–H groups in total. The molecule has 5 heteroatoms. The molecular weight excluding hydrogens is 288 g/mol. The number of nitrogens with zero attached hydrogens (tertiary/aromatic N) is 1. The van der Waals surface area contributed by atoms with Gasteiger partial charge in [0.2, 0.25) is 0 Å². The van der Waals surface area contributed by atoms with E-state index in [0.29, 0.717) is 11.6 Å². The Hall–Kier alpha value is -1.91. The molecule has 0 fully saturated rings. The lowest BCUT2D eigenvalue weighted by molar-refractivity contribution is -0.384. The standard InChI is InChI=1S/C16H17ClN2O2/c1-2-16(12-6-4-3-5-7-12)18-11-13-10-14(19(20)21)8-9-15(13)17/h3-10,16,18H,2,11H2,1H3. The molecule has 2 aromatic carbocycles. The zero-order chi connectivity index (χ0) is 15.2. The minimum absolute atomic E-state index is 0.0592. The zero-order valence-electron chi connectivity index (χ0n) is 11.8. The molecule has 4 nitrogen and oxygen atoms in total. The number of nitro benzene ring substituents is 1. The molecule has 0 heterocycles. The topological polar surface area (TPSA) is 55.2 Å². The Bertz CT molecular complexity index is 617. The van der Waals surface area contributed by atoms with Gasteiger partial charge in [0.05, 0.1) is 4.92 Å². The molecule has 0 radical (unpaired) electrons. The van der Waals surface area contributed by atoms with Crippen LogP contribution in [0.25, 0.3) is 0 Å². The van der Waals surface area contributed by atoms with Crippen molar-refractivity contribution in [1.29, 1.82) is 0 Å². The number of hydrogen-bond donors (Lipinski definition) is 1. The third-order valence-electron chi connectivity index (χ3n) is 3.39. The first-order valence-electron chi connectivity index (χ1n) is 6.83. The molecule has 0 saturated carbocycles. The van der Waals surface area contributed by atoms with Gasteiger partial charge >= 0.3 is 0 Å². The largest absolute Gasteiger partial charge is 0.306 e. The molecule has 1 unspecified atom stereocenters. The molecule has 2 rings (SSSR count). The average molecular weight is 305 g/mol. The fourth-order valence-corrected chi connectivity index (χ4v) is 2.41. The van der Waals surface area contributed by atoms with E-state index in [4.69, 9.17) is 11.6 Å². The van der Waals surface area contributed by atoms with Gasteiger partial charge in [0.15, 0.2) is 0 Å². The van der Waals surface area contributed by atoms with Crippen LogP contribution in [0.1, 0.15) is 30.5 Å². The van der Waals surface area contributed by atoms with E-state index in [9.17, 15) is 10.1 Å². The molecule has 0 saturated heterocycles. The lowest BCUT2D eigenvalue weighted by Gasteiger charge is -2.18. The second-order valence-electron chi connectivity index (χ2n) is 4.79. The van der Waals surface area contributed by atoms with Crippen LogP contribution in [-0.4, -0.2) is 4.92 Å². The average Bonchev–Trinajstić information content (AvgIpc) is 2.50. The summed E-state index contributed by atoms with van der Waals surface area (Å²) >= 11 is 6.11. The molecule has 0 aromatic heterocycles. The van der Waals surface area contributed by atoms with Crippen LogP contribution in [-0.2, 0) is 6.54 Å². The highest BCUT2D eigenvalue weighted by atomic mass is 35.5. The minimum atomic E-state index is -0.408. The van der Waals surface area contributed by atoms with Gasteiger partial charge in [0.1, 0.15) is 0 Å². The lowest BCUT2D eigenvalue weighted by Crippen LogP contribution is -2.20. The monoisotopic (exact) mass is 304 g/mol. The summed E-state index contributed by atoms with van der Waals surface area (Å²) < 4.78 is 0. The van der Waals surface area contributed by atoms with E-state index in [2.05, 4.69) is 24.4 Å². The van der Waals surface area contributed by atoms with Gasteiger partial charge in [-0.25, -0.2) is 0 Å². The fourth-order valence-electron chi connectivity index (χ4n) is 2.23. The lowest BCUT2D eigenvalue weighted by atomic mass is 10.0. The second-order valence-corrected chi connectivity index (χ2v) is 5.19. The van der Waals surface area contributed by atoms with Crippen molar-refractivity contribution >= 4 is 17.3 Å². The van der Waals surface area contributed by atoms with Crippen LogP contribution in [0.4, 0.5) is 5.69 Å². The molecule has 0 aliphatic carbocycles. The molecule has 0 amide bonds. The molecule has 0 aliphatic heterocycles. The zero-order valence-corrected chi connectivity index (χ0v) is 12.5. The van der Waals surface area contributed by atoms with E-state index >= 15 is 0 Å². The van der Waals surface area contributed by atoms with E-state index in [1.54, 1.807) is 6.07 Å². The molecule has 0 aliphatic rings. The van der Waals surface area contributed by atoms with Crippen LogP contribution in [0.2, 0.25) is 5.02 Å². The Kier molecular flexibility index (Phi) is 5.31. The maximum Gasteiger partial charge on any atom is 0.269 e. The van der Waals surface area contributed by atoms with Crippen molar-refractivity contribution in [3.63, 3.8) is 0 Å². The second kappa shape index (κ2) is 7.20. The van der Waals surface area contributed by atoms with Crippen molar-refractivity contribution in [2.45, 2.75) is 25.9 Å². The first kappa shape index (κ1) is 15.5. The molecule has 21 heavy (non-hydrogen) atoms. The van der Waals surface area contributed by atoms with Gasteiger partial charge in [0.25, 0.3) is 5.69 Å². The highest BCUT2D eigenvalue weighted by Crippen LogP contribution is 2.23. The fraction of sp³-hybridized carbons (Fsp3) is 0.250. The SMILES string of the molecule is CCC(NCc1cc([N+](=O)[O-])ccc1Cl)c1ccccc1. The Morgan fingerprint density at radius 1 is 1.24 bits per heavy atom. The van der Waals surface area contributed by atoms with Crippen LogP contribution < -0.4 is 5.32 Å². The predicted molar refractivity (Wildman–Crippen MR) is 84.4 cm³/mol. The van der Waals surface area contributed by atoms with Crippen LogP contribution in [0.3, 0.4) is 0 Å². The molecule has 0 bridgehead atoms. The highest BCUT2D eigenvalue weighted by molar-refractivity contribution is 6.31. The first-order valence-corrected chi connectivity index (χ1v) is 7.20. The van der Waals surface area contributed by atoms with Crippen LogP contribution in [0, 0.1) is 10.1 Å². The normalized spacial score (nSPS) is 12.1. The van der Waals surface area contributed by atoms with Crippen molar-refractivity contribution in [2.75, 3.05) is 0 Å². The van der Waals surface area contributed by atoms with Crippen LogP contribution >= 0.6 is 11.6 Å². The van der Waals surface area contributed by atoms with E-state index in [1.807, 2.05) is 18.2 Å². The summed E-state index contributed by atoms with van der Waals surface area (Å²) in [6, 6.07) is 14.8. The summed E-state index contributed by atoms with van der Waals surface area (Å²) in [5.41, 5.74) is 1.99. The number of halogens is 1. The Balaban J connectivity index is 2.11. The Labute approximate surface area is 128 Å². The number of non-ortho nitro benzene ring substituents is 1. The van der Waals surface area contributed by atoms with Gasteiger partial charge in [-0.1, -0.05) is 48.9 Å². The van der Waals surface area contributed by atoms with Crippen molar-refractivity contribution in [3.05, 3.63) is 74.8 Å². The minimum Gasteiger partial charge on any atom is -0.306 e. The smallest absolute Gasteiger partial charge is 0.269 e. The summed E-state index contributed by atoms with van der Waals surface area (Å²) in [4.78, 5) is 10.4. The molecule has 2 aromatic rings. The van der Waals surface area contributed by atoms with Crippen molar-refractivity contribution < 1.29 is 4.92 Å². The summed E-state index contributed by atoms with van der Waals surface area (Å²) in [7, 11) is 0. The van der Waals surface area contributed by atoms with Gasteiger partial charge in [-0.05, 0) is 23.6 Å². The first-order chi connectivity index (χ1) is 10.1. The van der Waals surface area contributed by atoms with Crippen molar-refractivity contribution in [2.24, 2.45) is 0 Å². The van der Waals surface area contributed by atoms with Gasteiger partial charge in [-0.15, -0.1) is 0 Å². The maximum atomic E-state index is 10.8. The third-order valence-corrected chi connectivity index (χ3v) is 3.76. The highest BCUT2D eigenvalue weighted by Gasteiger charge is 2.12. The van der Waals surface area contributed by atoms with Gasteiger partial charge in [0, 0.05) is 29.7 Å². The maximum absolute atomic E-state index is 10.8. The number of hydrogen-bond acceptors (Lipinski definition) is 3. The van der Waals surface area contributed by atoms with Crippen molar-refractivity contribution in [1.82, 2.24) is 5.32 Å². The van der Waals surface area contributed by atoms with Crippen molar-refractivity contribution in [3.8, 4) is 0 Å². The quantitative estimate of drug-likeness (QED) is 0.632.